The van der Waals surface area contributed by atoms with E-state index in [1.807, 2.05) is 0 Å². The van der Waals surface area contributed by atoms with Crippen LogP contribution < -0.4 is 5.32 Å². The van der Waals surface area contributed by atoms with E-state index < -0.39 is 10.1 Å². The summed E-state index contributed by atoms with van der Waals surface area (Å²) in [5.74, 6) is 0.145. The first-order chi connectivity index (χ1) is 9.95. The zero-order valence-electron chi connectivity index (χ0n) is 13.5. The van der Waals surface area contributed by atoms with Crippen LogP contribution in [0.5, 0.6) is 0 Å². The topological polar surface area (TPSA) is 72.5 Å². The second-order valence-electron chi connectivity index (χ2n) is 5.45. The number of carbonyl (C=O) groups excluding carboxylic acids is 1. The van der Waals surface area contributed by atoms with E-state index in [4.69, 9.17) is 0 Å². The lowest BCUT2D eigenvalue weighted by molar-refractivity contribution is -0.121. The average Bonchev–Trinajstić information content (AvgIpc) is 2.40. The lowest BCUT2D eigenvalue weighted by atomic mass is 10.1. The summed E-state index contributed by atoms with van der Waals surface area (Å²) in [4.78, 5) is 11.5. The summed E-state index contributed by atoms with van der Waals surface area (Å²) < 4.78 is 26.1. The molecule has 126 valence electrons. The van der Waals surface area contributed by atoms with Gasteiger partial charge in [-0.05, 0) is 19.3 Å². The second-order valence-corrected chi connectivity index (χ2v) is 7.10. The van der Waals surface area contributed by atoms with E-state index >= 15 is 0 Å². The number of rotatable bonds is 14. The Morgan fingerprint density at radius 3 is 2.24 bits per heavy atom. The molecule has 0 bridgehead atoms. The second kappa shape index (κ2) is 13.1. The molecule has 0 aliphatic rings. The van der Waals surface area contributed by atoms with Crippen molar-refractivity contribution in [2.75, 3.05) is 19.4 Å². The monoisotopic (exact) mass is 321 g/mol. The van der Waals surface area contributed by atoms with Gasteiger partial charge in [0.05, 0.1) is 12.9 Å². The third-order valence-electron chi connectivity index (χ3n) is 3.20. The molecule has 1 amide bonds. The fourth-order valence-corrected chi connectivity index (χ4v) is 2.42. The molecular formula is C15H31NO4S. The summed E-state index contributed by atoms with van der Waals surface area (Å²) in [6, 6.07) is 0. The SMILES string of the molecule is CCCCCCCC(=O)NCCCCCCOS(C)(=O)=O. The Balaban J connectivity index is 3.25. The maximum atomic E-state index is 11.5. The Hall–Kier alpha value is -0.620. The Labute approximate surface area is 130 Å². The van der Waals surface area contributed by atoms with Crippen LogP contribution in [0.3, 0.4) is 0 Å². The summed E-state index contributed by atoms with van der Waals surface area (Å²) in [6.45, 7) is 3.14. The number of hydrogen-bond acceptors (Lipinski definition) is 4. The van der Waals surface area contributed by atoms with Crippen molar-refractivity contribution in [3.63, 3.8) is 0 Å². The number of hydrogen-bond donors (Lipinski definition) is 1. The van der Waals surface area contributed by atoms with E-state index in [0.717, 1.165) is 44.8 Å². The van der Waals surface area contributed by atoms with Crippen LogP contribution in [-0.4, -0.2) is 33.7 Å². The van der Waals surface area contributed by atoms with Crippen LogP contribution in [0.15, 0.2) is 0 Å². The molecule has 0 radical (unpaired) electrons. The summed E-state index contributed by atoms with van der Waals surface area (Å²) in [5, 5.41) is 2.92. The van der Waals surface area contributed by atoms with Gasteiger partial charge in [0.15, 0.2) is 0 Å². The fraction of sp³-hybridized carbons (Fsp3) is 0.933. The van der Waals surface area contributed by atoms with Crippen LogP contribution in [0.2, 0.25) is 0 Å². The van der Waals surface area contributed by atoms with Crippen LogP contribution in [-0.2, 0) is 19.1 Å². The number of carbonyl (C=O) groups is 1. The maximum absolute atomic E-state index is 11.5. The maximum Gasteiger partial charge on any atom is 0.264 e. The molecule has 21 heavy (non-hydrogen) atoms. The zero-order chi connectivity index (χ0) is 16.0. The van der Waals surface area contributed by atoms with Gasteiger partial charge in [0.1, 0.15) is 0 Å². The van der Waals surface area contributed by atoms with Gasteiger partial charge in [0, 0.05) is 13.0 Å². The minimum Gasteiger partial charge on any atom is -0.356 e. The zero-order valence-corrected chi connectivity index (χ0v) is 14.3. The predicted octanol–water partition coefficient (Wildman–Crippen LogP) is 3.00. The Bertz CT molecular complexity index is 355. The van der Waals surface area contributed by atoms with Gasteiger partial charge in [-0.15, -0.1) is 0 Å². The molecule has 0 aromatic rings. The van der Waals surface area contributed by atoms with E-state index in [9.17, 15) is 13.2 Å². The quantitative estimate of drug-likeness (QED) is 0.394. The lowest BCUT2D eigenvalue weighted by Crippen LogP contribution is -2.23. The Kier molecular flexibility index (Phi) is 12.7. The number of amides is 1. The molecule has 0 rings (SSSR count). The Morgan fingerprint density at radius 1 is 0.952 bits per heavy atom. The highest BCUT2D eigenvalue weighted by molar-refractivity contribution is 7.85. The first-order valence-electron chi connectivity index (χ1n) is 8.07. The van der Waals surface area contributed by atoms with Crippen molar-refractivity contribution in [3.05, 3.63) is 0 Å². The molecule has 0 aromatic carbocycles. The van der Waals surface area contributed by atoms with E-state index in [1.165, 1.54) is 19.3 Å². The van der Waals surface area contributed by atoms with Crippen molar-refractivity contribution in [1.82, 2.24) is 5.32 Å². The summed E-state index contributed by atoms with van der Waals surface area (Å²) in [6.07, 6.45) is 11.1. The van der Waals surface area contributed by atoms with E-state index in [-0.39, 0.29) is 12.5 Å². The van der Waals surface area contributed by atoms with Crippen molar-refractivity contribution in [2.45, 2.75) is 71.1 Å². The predicted molar refractivity (Wildman–Crippen MR) is 85.6 cm³/mol. The van der Waals surface area contributed by atoms with Crippen molar-refractivity contribution in [3.8, 4) is 0 Å². The molecule has 0 fully saturated rings. The molecule has 1 N–H and O–H groups in total. The molecule has 0 heterocycles. The first-order valence-corrected chi connectivity index (χ1v) is 9.88. The highest BCUT2D eigenvalue weighted by atomic mass is 32.2. The molecular weight excluding hydrogens is 290 g/mol. The van der Waals surface area contributed by atoms with Gasteiger partial charge in [-0.1, -0.05) is 45.4 Å². The smallest absolute Gasteiger partial charge is 0.264 e. The summed E-state index contributed by atoms with van der Waals surface area (Å²) >= 11 is 0. The van der Waals surface area contributed by atoms with Crippen LogP contribution in [0, 0.1) is 0 Å². The Morgan fingerprint density at radius 2 is 1.57 bits per heavy atom. The van der Waals surface area contributed by atoms with Gasteiger partial charge >= 0.3 is 0 Å². The van der Waals surface area contributed by atoms with Gasteiger partial charge < -0.3 is 5.32 Å². The number of nitrogens with one attached hydrogen (secondary N) is 1. The molecule has 0 aromatic heterocycles. The first kappa shape index (κ1) is 20.4. The van der Waals surface area contributed by atoms with Crippen LogP contribution in [0.4, 0.5) is 0 Å². The highest BCUT2D eigenvalue weighted by Gasteiger charge is 2.01. The van der Waals surface area contributed by atoms with Crippen molar-refractivity contribution >= 4 is 16.0 Å². The van der Waals surface area contributed by atoms with Gasteiger partial charge in [0.25, 0.3) is 10.1 Å². The third kappa shape index (κ3) is 17.3. The van der Waals surface area contributed by atoms with Crippen LogP contribution in [0.1, 0.15) is 71.1 Å². The molecule has 0 saturated heterocycles. The normalized spacial score (nSPS) is 11.5. The highest BCUT2D eigenvalue weighted by Crippen LogP contribution is 2.05. The van der Waals surface area contributed by atoms with Crippen molar-refractivity contribution in [2.24, 2.45) is 0 Å². The molecule has 0 unspecified atom stereocenters. The van der Waals surface area contributed by atoms with Gasteiger partial charge in [0.2, 0.25) is 5.91 Å². The third-order valence-corrected chi connectivity index (χ3v) is 3.79. The minimum atomic E-state index is -3.30. The van der Waals surface area contributed by atoms with Gasteiger partial charge in [-0.25, -0.2) is 0 Å². The van der Waals surface area contributed by atoms with Gasteiger partial charge in [-0.3, -0.25) is 8.98 Å². The molecule has 0 saturated carbocycles. The van der Waals surface area contributed by atoms with Crippen LogP contribution in [0.25, 0.3) is 0 Å². The van der Waals surface area contributed by atoms with Gasteiger partial charge in [-0.2, -0.15) is 8.42 Å². The van der Waals surface area contributed by atoms with E-state index in [1.54, 1.807) is 0 Å². The summed E-state index contributed by atoms with van der Waals surface area (Å²) in [5.41, 5.74) is 0. The molecule has 5 nitrogen and oxygen atoms in total. The molecule has 0 aliphatic carbocycles. The average molecular weight is 321 g/mol. The molecule has 0 spiro atoms. The molecule has 0 aliphatic heterocycles. The largest absolute Gasteiger partial charge is 0.356 e. The van der Waals surface area contributed by atoms with Crippen LogP contribution >= 0.6 is 0 Å². The van der Waals surface area contributed by atoms with Crippen molar-refractivity contribution < 1.29 is 17.4 Å². The van der Waals surface area contributed by atoms with E-state index in [0.29, 0.717) is 13.0 Å². The minimum absolute atomic E-state index is 0.145. The lowest BCUT2D eigenvalue weighted by Gasteiger charge is -2.05. The molecule has 6 heteroatoms. The fourth-order valence-electron chi connectivity index (χ4n) is 2.00. The molecule has 0 atom stereocenters. The van der Waals surface area contributed by atoms with E-state index in [2.05, 4.69) is 16.4 Å². The summed E-state index contributed by atoms with van der Waals surface area (Å²) in [7, 11) is -3.30. The van der Waals surface area contributed by atoms with Crippen molar-refractivity contribution in [1.29, 1.82) is 0 Å². The standard InChI is InChI=1S/C15H31NO4S/c1-3-4-5-6-9-12-15(17)16-13-10-7-8-11-14-20-21(2,18)19/h3-14H2,1-2H3,(H,16,17). The number of unbranched alkanes of at least 4 members (excludes halogenated alkanes) is 7.